The van der Waals surface area contributed by atoms with Gasteiger partial charge in [-0.25, -0.2) is 8.78 Å². The number of carbonyl (C=O) groups is 2. The van der Waals surface area contributed by atoms with Crippen LogP contribution in [-0.4, -0.2) is 18.2 Å². The normalized spacial score (nSPS) is 15.7. The highest BCUT2D eigenvalue weighted by Gasteiger charge is 2.36. The monoisotopic (exact) mass is 361 g/mol. The van der Waals surface area contributed by atoms with Gasteiger partial charge in [0.15, 0.2) is 11.5 Å². The second-order valence-electron chi connectivity index (χ2n) is 7.54. The zero-order chi connectivity index (χ0) is 19.1. The van der Waals surface area contributed by atoms with Crippen LogP contribution in [0.4, 0.5) is 8.78 Å². The predicted octanol–water partition coefficient (Wildman–Crippen LogP) is 3.99. The molecular formula is C20H21F2NO3. The molecule has 26 heavy (non-hydrogen) atoms. The molecule has 0 aliphatic heterocycles. The van der Waals surface area contributed by atoms with Crippen LogP contribution in [0.5, 0.6) is 0 Å². The molecule has 138 valence electrons. The summed E-state index contributed by atoms with van der Waals surface area (Å²) in [5, 5.41) is 2.67. The van der Waals surface area contributed by atoms with Crippen molar-refractivity contribution in [3.05, 3.63) is 58.0 Å². The fraction of sp³-hybridized carbons (Fsp3) is 0.400. The van der Waals surface area contributed by atoms with Gasteiger partial charge in [-0.05, 0) is 30.4 Å². The molecule has 0 bridgehead atoms. The summed E-state index contributed by atoms with van der Waals surface area (Å²) in [5.74, 6) is -1.05. The van der Waals surface area contributed by atoms with Crippen LogP contribution in [0.25, 0.3) is 0 Å². The summed E-state index contributed by atoms with van der Waals surface area (Å²) in [6, 6.07) is 3.35. The van der Waals surface area contributed by atoms with E-state index in [1.54, 1.807) is 6.92 Å². The number of halogens is 2. The number of amides is 1. The van der Waals surface area contributed by atoms with Crippen LogP contribution in [0.3, 0.4) is 0 Å². The topological polar surface area (TPSA) is 59.3 Å². The quantitative estimate of drug-likeness (QED) is 0.896. The number of carbonyl (C=O) groups excluding carboxylic acids is 2. The lowest BCUT2D eigenvalue weighted by atomic mass is 9.76. The number of ketones is 1. The number of furan rings is 1. The summed E-state index contributed by atoms with van der Waals surface area (Å²) >= 11 is 0. The first-order chi connectivity index (χ1) is 12.2. The summed E-state index contributed by atoms with van der Waals surface area (Å²) < 4.78 is 32.2. The number of nitrogens with one attached hydrogen (secondary N) is 1. The Morgan fingerprint density at radius 3 is 2.69 bits per heavy atom. The Kier molecular flexibility index (Phi) is 4.69. The zero-order valence-corrected chi connectivity index (χ0v) is 15.0. The maximum Gasteiger partial charge on any atom is 0.287 e. The van der Waals surface area contributed by atoms with E-state index in [9.17, 15) is 18.4 Å². The second-order valence-corrected chi connectivity index (χ2v) is 7.54. The molecule has 6 heteroatoms. The fourth-order valence-corrected chi connectivity index (χ4v) is 3.41. The summed E-state index contributed by atoms with van der Waals surface area (Å²) in [4.78, 5) is 24.8. The van der Waals surface area contributed by atoms with Crippen molar-refractivity contribution in [3.8, 4) is 0 Å². The van der Waals surface area contributed by atoms with Gasteiger partial charge in [0.05, 0.1) is 5.56 Å². The molecule has 1 heterocycles. The van der Waals surface area contributed by atoms with E-state index in [1.807, 2.05) is 13.8 Å². The molecule has 4 nitrogen and oxygen atoms in total. The number of Topliss-reactive ketones (excluding diaryl/α,β-unsaturated/α-hetero) is 1. The number of benzene rings is 1. The lowest BCUT2D eigenvalue weighted by molar-refractivity contribution is 0.0889. The lowest BCUT2D eigenvalue weighted by Gasteiger charge is -2.27. The van der Waals surface area contributed by atoms with E-state index < -0.39 is 17.5 Å². The summed E-state index contributed by atoms with van der Waals surface area (Å²) in [6.07, 6.45) is 1.25. The Labute approximate surface area is 150 Å². The third-order valence-electron chi connectivity index (χ3n) is 4.68. The maximum absolute atomic E-state index is 13.6. The molecule has 0 spiro atoms. The Balaban J connectivity index is 1.70. The molecule has 2 aromatic rings. The van der Waals surface area contributed by atoms with Crippen LogP contribution in [0.15, 0.2) is 22.6 Å². The third-order valence-corrected chi connectivity index (χ3v) is 4.68. The molecule has 0 unspecified atom stereocenters. The van der Waals surface area contributed by atoms with Crippen molar-refractivity contribution < 1.29 is 22.8 Å². The van der Waals surface area contributed by atoms with Crippen LogP contribution in [0.2, 0.25) is 0 Å². The second kappa shape index (κ2) is 6.67. The number of hydrogen-bond acceptors (Lipinski definition) is 3. The average Bonchev–Trinajstić information content (AvgIpc) is 2.84. The Bertz CT molecular complexity index is 883. The van der Waals surface area contributed by atoms with Gasteiger partial charge in [0.2, 0.25) is 0 Å². The van der Waals surface area contributed by atoms with E-state index in [4.69, 9.17) is 4.42 Å². The Hall–Kier alpha value is -2.50. The smallest absolute Gasteiger partial charge is 0.287 e. The number of rotatable bonds is 4. The van der Waals surface area contributed by atoms with Gasteiger partial charge in [0.25, 0.3) is 5.91 Å². The molecule has 1 aliphatic carbocycles. The van der Waals surface area contributed by atoms with Crippen molar-refractivity contribution in [2.24, 2.45) is 5.41 Å². The van der Waals surface area contributed by atoms with E-state index in [1.165, 1.54) is 12.1 Å². The van der Waals surface area contributed by atoms with E-state index >= 15 is 0 Å². The van der Waals surface area contributed by atoms with Crippen molar-refractivity contribution in [2.45, 2.75) is 40.0 Å². The largest absolute Gasteiger partial charge is 0.455 e. The lowest BCUT2D eigenvalue weighted by Crippen LogP contribution is -2.26. The minimum Gasteiger partial charge on any atom is -0.455 e. The summed E-state index contributed by atoms with van der Waals surface area (Å²) in [5.41, 5.74) is 1.19. The van der Waals surface area contributed by atoms with Gasteiger partial charge in [-0.3, -0.25) is 9.59 Å². The highest BCUT2D eigenvalue weighted by atomic mass is 19.1. The van der Waals surface area contributed by atoms with Crippen molar-refractivity contribution in [1.82, 2.24) is 5.32 Å². The summed E-state index contributed by atoms with van der Waals surface area (Å²) in [6.45, 7) is 5.85. The minimum absolute atomic E-state index is 0.00932. The highest BCUT2D eigenvalue weighted by Crippen LogP contribution is 2.38. The molecule has 0 fully saturated rings. The van der Waals surface area contributed by atoms with Crippen LogP contribution >= 0.6 is 0 Å². The predicted molar refractivity (Wildman–Crippen MR) is 92.3 cm³/mol. The minimum atomic E-state index is -0.642. The van der Waals surface area contributed by atoms with Gasteiger partial charge in [0.1, 0.15) is 17.4 Å². The molecule has 1 amide bonds. The van der Waals surface area contributed by atoms with Crippen molar-refractivity contribution >= 4 is 11.7 Å². The van der Waals surface area contributed by atoms with Gasteiger partial charge in [-0.15, -0.1) is 0 Å². The number of hydrogen-bond donors (Lipinski definition) is 1. The molecule has 0 radical (unpaired) electrons. The fourth-order valence-electron chi connectivity index (χ4n) is 3.41. The molecular weight excluding hydrogens is 340 g/mol. The van der Waals surface area contributed by atoms with Gasteiger partial charge in [0, 0.05) is 31.0 Å². The third kappa shape index (κ3) is 3.54. The van der Waals surface area contributed by atoms with Gasteiger partial charge < -0.3 is 9.73 Å². The SMILES string of the molecule is Cc1c(C(=O)NCCc2ccc(F)cc2F)oc2c1C(=O)CC(C)(C)C2. The van der Waals surface area contributed by atoms with Gasteiger partial charge in [-0.1, -0.05) is 19.9 Å². The molecule has 1 aromatic heterocycles. The van der Waals surface area contributed by atoms with Crippen LogP contribution in [-0.2, 0) is 12.8 Å². The standard InChI is InChI=1S/C20H21F2NO3/c1-11-17-15(24)9-20(2,3)10-16(17)26-18(11)19(25)23-7-6-12-4-5-13(21)8-14(12)22/h4-5,8H,6-7,9-10H2,1-3H3,(H,23,25). The van der Waals surface area contributed by atoms with Crippen molar-refractivity contribution in [3.63, 3.8) is 0 Å². The highest BCUT2D eigenvalue weighted by molar-refractivity contribution is 6.03. The Morgan fingerprint density at radius 2 is 2.00 bits per heavy atom. The molecule has 1 aliphatic rings. The first-order valence-electron chi connectivity index (χ1n) is 8.55. The van der Waals surface area contributed by atoms with Crippen molar-refractivity contribution in [1.29, 1.82) is 0 Å². The molecule has 1 N–H and O–H groups in total. The van der Waals surface area contributed by atoms with Crippen LogP contribution in [0.1, 0.15) is 58.1 Å². The van der Waals surface area contributed by atoms with E-state index in [0.717, 1.165) is 6.07 Å². The van der Waals surface area contributed by atoms with Crippen LogP contribution < -0.4 is 5.32 Å². The van der Waals surface area contributed by atoms with Gasteiger partial charge >= 0.3 is 0 Å². The van der Waals surface area contributed by atoms with Gasteiger partial charge in [-0.2, -0.15) is 0 Å². The first-order valence-corrected chi connectivity index (χ1v) is 8.55. The molecule has 0 saturated heterocycles. The average molecular weight is 361 g/mol. The van der Waals surface area contributed by atoms with E-state index in [2.05, 4.69) is 5.32 Å². The first kappa shape index (κ1) is 18.3. The molecule has 1 aromatic carbocycles. The molecule has 3 rings (SSSR count). The van der Waals surface area contributed by atoms with E-state index in [0.29, 0.717) is 35.3 Å². The van der Waals surface area contributed by atoms with E-state index in [-0.39, 0.29) is 29.9 Å². The Morgan fingerprint density at radius 1 is 1.27 bits per heavy atom. The molecule has 0 atom stereocenters. The summed E-state index contributed by atoms with van der Waals surface area (Å²) in [7, 11) is 0. The zero-order valence-electron chi connectivity index (χ0n) is 15.0. The number of fused-ring (bicyclic) bond motifs is 1. The van der Waals surface area contributed by atoms with Crippen molar-refractivity contribution in [2.75, 3.05) is 6.54 Å². The molecule has 0 saturated carbocycles. The maximum atomic E-state index is 13.6. The van der Waals surface area contributed by atoms with Crippen LogP contribution in [0, 0.1) is 24.0 Å².